The van der Waals surface area contributed by atoms with Crippen molar-refractivity contribution in [1.29, 1.82) is 0 Å². The maximum Gasteiger partial charge on any atom is 0.0917 e. The molecule has 0 heterocycles. The van der Waals surface area contributed by atoms with Crippen molar-refractivity contribution in [3.63, 3.8) is 0 Å². The van der Waals surface area contributed by atoms with Crippen LogP contribution in [0.3, 0.4) is 0 Å². The Labute approximate surface area is 138 Å². The van der Waals surface area contributed by atoms with Crippen molar-refractivity contribution in [3.05, 3.63) is 70.7 Å². The maximum absolute atomic E-state index is 10.6. The van der Waals surface area contributed by atoms with Gasteiger partial charge in [0, 0.05) is 23.7 Å². The first-order valence-electron chi connectivity index (χ1n) is 7.59. The van der Waals surface area contributed by atoms with Crippen LogP contribution < -0.4 is 0 Å². The smallest absolute Gasteiger partial charge is 0.0917 e. The molecule has 0 radical (unpaired) electrons. The highest BCUT2D eigenvalue weighted by molar-refractivity contribution is 6.30. The summed E-state index contributed by atoms with van der Waals surface area (Å²) in [6, 6.07) is 17.8. The minimum absolute atomic E-state index is 0.0323. The van der Waals surface area contributed by atoms with E-state index in [0.29, 0.717) is 11.6 Å². The number of aliphatic hydroxyl groups is 1. The number of halogens is 1. The van der Waals surface area contributed by atoms with Crippen molar-refractivity contribution in [2.45, 2.75) is 39.0 Å². The minimum Gasteiger partial charge on any atom is -0.387 e. The molecule has 2 rings (SSSR count). The Bertz CT molecular complexity index is 592. The van der Waals surface area contributed by atoms with Gasteiger partial charge >= 0.3 is 0 Å². The maximum atomic E-state index is 10.6. The molecule has 0 fully saturated rings. The van der Waals surface area contributed by atoms with E-state index < -0.39 is 6.10 Å². The summed E-state index contributed by atoms with van der Waals surface area (Å²) in [5.41, 5.74) is 2.07. The summed E-state index contributed by atoms with van der Waals surface area (Å²) in [5.74, 6) is 0. The lowest BCUT2D eigenvalue weighted by Gasteiger charge is -2.37. The predicted octanol–water partition coefficient (Wildman–Crippen LogP) is 4.67. The number of benzene rings is 2. The number of hydrogen-bond acceptors (Lipinski definition) is 2. The molecular formula is C19H24ClNO. The molecular weight excluding hydrogens is 294 g/mol. The summed E-state index contributed by atoms with van der Waals surface area (Å²) in [7, 11) is 0. The molecule has 0 aliphatic heterocycles. The Morgan fingerprint density at radius 3 is 2.32 bits per heavy atom. The Morgan fingerprint density at radius 2 is 1.73 bits per heavy atom. The van der Waals surface area contributed by atoms with Crippen LogP contribution >= 0.6 is 11.6 Å². The zero-order valence-corrected chi connectivity index (χ0v) is 14.2. The van der Waals surface area contributed by atoms with Gasteiger partial charge in [0.15, 0.2) is 0 Å². The van der Waals surface area contributed by atoms with Gasteiger partial charge in [-0.25, -0.2) is 0 Å². The van der Waals surface area contributed by atoms with Crippen LogP contribution in [0.4, 0.5) is 0 Å². The normalized spacial score (nSPS) is 13.4. The third-order valence-corrected chi connectivity index (χ3v) is 4.03. The summed E-state index contributed by atoms with van der Waals surface area (Å²) in [6.45, 7) is 7.88. The van der Waals surface area contributed by atoms with E-state index in [4.69, 9.17) is 11.6 Å². The van der Waals surface area contributed by atoms with E-state index in [1.54, 1.807) is 0 Å². The summed E-state index contributed by atoms with van der Waals surface area (Å²) in [5, 5.41) is 11.2. The van der Waals surface area contributed by atoms with Crippen LogP contribution in [-0.4, -0.2) is 22.1 Å². The van der Waals surface area contributed by atoms with Gasteiger partial charge in [-0.15, -0.1) is 0 Å². The van der Waals surface area contributed by atoms with E-state index in [0.717, 1.165) is 12.1 Å². The molecule has 0 saturated heterocycles. The Balaban J connectivity index is 2.13. The van der Waals surface area contributed by atoms with Crippen molar-refractivity contribution in [3.8, 4) is 0 Å². The molecule has 0 aliphatic carbocycles. The van der Waals surface area contributed by atoms with Gasteiger partial charge < -0.3 is 5.11 Å². The molecule has 0 saturated carbocycles. The zero-order valence-electron chi connectivity index (χ0n) is 13.5. The van der Waals surface area contributed by atoms with Crippen molar-refractivity contribution >= 4 is 11.6 Å². The first-order chi connectivity index (χ1) is 10.4. The van der Waals surface area contributed by atoms with E-state index in [2.05, 4.69) is 37.8 Å². The van der Waals surface area contributed by atoms with Crippen LogP contribution in [0.2, 0.25) is 5.02 Å². The molecule has 0 bridgehead atoms. The van der Waals surface area contributed by atoms with Gasteiger partial charge in [0.1, 0.15) is 0 Å². The summed E-state index contributed by atoms with van der Waals surface area (Å²) >= 11 is 6.02. The molecule has 0 aliphatic rings. The second-order valence-corrected chi connectivity index (χ2v) is 7.04. The average molecular weight is 318 g/mol. The molecule has 1 N–H and O–H groups in total. The van der Waals surface area contributed by atoms with Gasteiger partial charge in [-0.05, 0) is 44.0 Å². The molecule has 118 valence electrons. The second-order valence-electron chi connectivity index (χ2n) is 6.61. The molecule has 2 nitrogen and oxygen atoms in total. The highest BCUT2D eigenvalue weighted by Gasteiger charge is 2.24. The largest absolute Gasteiger partial charge is 0.387 e. The Kier molecular flexibility index (Phi) is 5.63. The Morgan fingerprint density at radius 1 is 1.05 bits per heavy atom. The fourth-order valence-electron chi connectivity index (χ4n) is 2.41. The molecule has 1 unspecified atom stereocenters. The van der Waals surface area contributed by atoms with Crippen LogP contribution in [-0.2, 0) is 6.54 Å². The summed E-state index contributed by atoms with van der Waals surface area (Å²) in [6.07, 6.45) is -0.554. The number of aliphatic hydroxyl groups excluding tert-OH is 1. The van der Waals surface area contributed by atoms with Crippen molar-refractivity contribution < 1.29 is 5.11 Å². The van der Waals surface area contributed by atoms with Gasteiger partial charge in [0.05, 0.1) is 6.10 Å². The molecule has 1 atom stereocenters. The molecule has 22 heavy (non-hydrogen) atoms. The molecule has 0 spiro atoms. The number of β-amino-alcohol motifs (C(OH)–C–C–N with tert-alkyl or cyclic N) is 1. The third kappa shape index (κ3) is 4.84. The van der Waals surface area contributed by atoms with Gasteiger partial charge in [0.25, 0.3) is 0 Å². The quantitative estimate of drug-likeness (QED) is 0.866. The molecule has 0 amide bonds. The molecule has 0 aromatic heterocycles. The standard InChI is InChI=1S/C19H24ClNO/c1-19(2,3)21(13-15-8-5-4-6-9-15)14-18(22)16-10-7-11-17(20)12-16/h4-12,18,22H,13-14H2,1-3H3. The lowest BCUT2D eigenvalue weighted by atomic mass is 10.0. The predicted molar refractivity (Wildman–Crippen MR) is 93.0 cm³/mol. The lowest BCUT2D eigenvalue weighted by molar-refractivity contribution is 0.0523. The van der Waals surface area contributed by atoms with Gasteiger partial charge in [0.2, 0.25) is 0 Å². The van der Waals surface area contributed by atoms with E-state index in [9.17, 15) is 5.11 Å². The lowest BCUT2D eigenvalue weighted by Crippen LogP contribution is -2.43. The van der Waals surface area contributed by atoms with Crippen molar-refractivity contribution in [2.24, 2.45) is 0 Å². The zero-order chi connectivity index (χ0) is 16.2. The van der Waals surface area contributed by atoms with Crippen molar-refractivity contribution in [2.75, 3.05) is 6.54 Å². The molecule has 3 heteroatoms. The molecule has 2 aromatic rings. The topological polar surface area (TPSA) is 23.5 Å². The third-order valence-electron chi connectivity index (χ3n) is 3.79. The van der Waals surface area contributed by atoms with Crippen LogP contribution in [0.15, 0.2) is 54.6 Å². The highest BCUT2D eigenvalue weighted by Crippen LogP contribution is 2.24. The second kappa shape index (κ2) is 7.28. The first kappa shape index (κ1) is 17.0. The van der Waals surface area contributed by atoms with Crippen LogP contribution in [0, 0.1) is 0 Å². The average Bonchev–Trinajstić information content (AvgIpc) is 2.46. The fraction of sp³-hybridized carbons (Fsp3) is 0.368. The highest BCUT2D eigenvalue weighted by atomic mass is 35.5. The van der Waals surface area contributed by atoms with Gasteiger partial charge in [-0.1, -0.05) is 54.1 Å². The van der Waals surface area contributed by atoms with E-state index in [1.165, 1.54) is 5.56 Å². The summed E-state index contributed by atoms with van der Waals surface area (Å²) < 4.78 is 0. The minimum atomic E-state index is -0.554. The van der Waals surface area contributed by atoms with Gasteiger partial charge in [-0.3, -0.25) is 4.90 Å². The van der Waals surface area contributed by atoms with E-state index in [-0.39, 0.29) is 5.54 Å². The Hall–Kier alpha value is -1.35. The first-order valence-corrected chi connectivity index (χ1v) is 7.96. The van der Waals surface area contributed by atoms with Crippen LogP contribution in [0.25, 0.3) is 0 Å². The van der Waals surface area contributed by atoms with E-state index >= 15 is 0 Å². The fourth-order valence-corrected chi connectivity index (χ4v) is 2.61. The number of rotatable bonds is 5. The van der Waals surface area contributed by atoms with E-state index in [1.807, 2.05) is 42.5 Å². The van der Waals surface area contributed by atoms with Crippen LogP contribution in [0.1, 0.15) is 38.0 Å². The molecule has 2 aromatic carbocycles. The number of nitrogens with zero attached hydrogens (tertiary/aromatic N) is 1. The van der Waals surface area contributed by atoms with Gasteiger partial charge in [-0.2, -0.15) is 0 Å². The monoisotopic (exact) mass is 317 g/mol. The van der Waals surface area contributed by atoms with Crippen molar-refractivity contribution in [1.82, 2.24) is 4.90 Å². The number of hydrogen-bond donors (Lipinski definition) is 1. The van der Waals surface area contributed by atoms with Crippen LogP contribution in [0.5, 0.6) is 0 Å². The summed E-state index contributed by atoms with van der Waals surface area (Å²) in [4.78, 5) is 2.29. The SMILES string of the molecule is CC(C)(C)N(Cc1ccccc1)CC(O)c1cccc(Cl)c1.